The fourth-order valence-corrected chi connectivity index (χ4v) is 1.66. The van der Waals surface area contributed by atoms with E-state index >= 15 is 0 Å². The zero-order valence-electron chi connectivity index (χ0n) is 9.61. The lowest BCUT2D eigenvalue weighted by Crippen LogP contribution is -1.94. The summed E-state index contributed by atoms with van der Waals surface area (Å²) in [5, 5.41) is 7.61. The van der Waals surface area contributed by atoms with Gasteiger partial charge in [0.05, 0.1) is 6.07 Å². The maximum Gasteiger partial charge on any atom is 0.148 e. The molecule has 2 nitrogen and oxygen atoms in total. The average Bonchev–Trinajstić information content (AvgIpc) is 2.42. The van der Waals surface area contributed by atoms with Crippen molar-refractivity contribution in [3.63, 3.8) is 0 Å². The highest BCUT2D eigenvalue weighted by molar-refractivity contribution is 6.22. The quantitative estimate of drug-likeness (QED) is 0.772. The summed E-state index contributed by atoms with van der Waals surface area (Å²) in [7, 11) is 0. The number of nitriles is 1. The van der Waals surface area contributed by atoms with Gasteiger partial charge in [-0.1, -0.05) is 0 Å². The van der Waals surface area contributed by atoms with Crippen LogP contribution < -0.4 is 4.74 Å². The Morgan fingerprint density at radius 1 is 1.05 bits per heavy atom. The van der Waals surface area contributed by atoms with Crippen LogP contribution in [-0.4, -0.2) is 0 Å². The lowest BCUT2D eigenvalue weighted by atomic mass is 10.1. The summed E-state index contributed by atoms with van der Waals surface area (Å²) in [4.78, 5) is 0. The van der Waals surface area contributed by atoms with Crippen molar-refractivity contribution >= 4 is 11.6 Å². The van der Waals surface area contributed by atoms with Gasteiger partial charge in [-0.2, -0.15) is 5.26 Å². The van der Waals surface area contributed by atoms with E-state index in [0.717, 1.165) is 0 Å². The largest absolute Gasteiger partial charge is 0.457 e. The summed E-state index contributed by atoms with van der Waals surface area (Å²) in [6.07, 6.45) is 0. The summed E-state index contributed by atoms with van der Waals surface area (Å²) in [5.41, 5.74) is 0.0452. The van der Waals surface area contributed by atoms with Crippen LogP contribution in [0, 0.1) is 23.0 Å². The highest BCUT2D eigenvalue weighted by Gasteiger charge is 2.13. The van der Waals surface area contributed by atoms with Crippen LogP contribution in [0.1, 0.15) is 10.9 Å². The van der Waals surface area contributed by atoms with E-state index in [1.54, 1.807) is 6.07 Å². The molecule has 0 saturated heterocycles. The zero-order chi connectivity index (χ0) is 13.8. The molecule has 19 heavy (non-hydrogen) atoms. The number of halogens is 3. The first-order valence-corrected chi connectivity index (χ1v) is 5.80. The summed E-state index contributed by atoms with van der Waals surface area (Å²) in [5.74, 6) is -0.226. The molecule has 0 aliphatic heterocycles. The van der Waals surface area contributed by atoms with Gasteiger partial charge in [0.1, 0.15) is 28.5 Å². The van der Waals surface area contributed by atoms with Gasteiger partial charge in [-0.05, 0) is 42.5 Å². The Labute approximate surface area is 113 Å². The van der Waals surface area contributed by atoms with Gasteiger partial charge in [-0.25, -0.2) is 8.78 Å². The fourth-order valence-electron chi connectivity index (χ4n) is 1.49. The number of rotatable bonds is 3. The van der Waals surface area contributed by atoms with Crippen LogP contribution in [0.5, 0.6) is 11.5 Å². The van der Waals surface area contributed by atoms with Gasteiger partial charge < -0.3 is 4.74 Å². The summed E-state index contributed by atoms with van der Waals surface area (Å²) in [6, 6.07) is 11.1. The molecule has 96 valence electrons. The van der Waals surface area contributed by atoms with E-state index in [9.17, 15) is 8.78 Å². The third kappa shape index (κ3) is 3.21. The van der Waals surface area contributed by atoms with Gasteiger partial charge in [0.25, 0.3) is 0 Å². The molecule has 0 aromatic heterocycles. The minimum Gasteiger partial charge on any atom is -0.457 e. The molecule has 0 heterocycles. The van der Waals surface area contributed by atoms with Crippen molar-refractivity contribution in [1.29, 1.82) is 5.26 Å². The van der Waals surface area contributed by atoms with E-state index in [4.69, 9.17) is 21.6 Å². The Morgan fingerprint density at radius 3 is 2.32 bits per heavy atom. The molecule has 0 saturated carbocycles. The number of hydrogen-bond acceptors (Lipinski definition) is 2. The van der Waals surface area contributed by atoms with Gasteiger partial charge in [0.2, 0.25) is 0 Å². The Kier molecular flexibility index (Phi) is 3.98. The third-order valence-electron chi connectivity index (χ3n) is 2.40. The molecular weight excluding hydrogens is 272 g/mol. The molecule has 2 aromatic carbocycles. The molecule has 0 bridgehead atoms. The highest BCUT2D eigenvalue weighted by atomic mass is 35.5. The predicted molar refractivity (Wildman–Crippen MR) is 67.1 cm³/mol. The summed E-state index contributed by atoms with van der Waals surface area (Å²) in [6.45, 7) is 0. The van der Waals surface area contributed by atoms with Crippen LogP contribution in [0.4, 0.5) is 8.78 Å². The minimum atomic E-state index is -1.09. The molecule has 0 spiro atoms. The van der Waals surface area contributed by atoms with E-state index < -0.39 is 11.2 Å². The van der Waals surface area contributed by atoms with Gasteiger partial charge in [-0.3, -0.25) is 0 Å². The van der Waals surface area contributed by atoms with Crippen LogP contribution in [0.3, 0.4) is 0 Å². The van der Waals surface area contributed by atoms with Gasteiger partial charge in [0, 0.05) is 5.56 Å². The Bertz CT molecular complexity index is 622. The number of alkyl halides is 1. The number of ether oxygens (including phenoxy) is 1. The predicted octanol–water partition coefficient (Wildman–Crippen LogP) is 4.56. The second-order valence-electron chi connectivity index (χ2n) is 3.73. The van der Waals surface area contributed by atoms with E-state index in [0.29, 0.717) is 11.5 Å². The van der Waals surface area contributed by atoms with E-state index in [2.05, 4.69) is 0 Å². The number of benzene rings is 2. The van der Waals surface area contributed by atoms with Gasteiger partial charge in [-0.15, -0.1) is 11.6 Å². The minimum absolute atomic E-state index is 0.0452. The van der Waals surface area contributed by atoms with E-state index in [1.165, 1.54) is 42.5 Å². The second-order valence-corrected chi connectivity index (χ2v) is 4.17. The van der Waals surface area contributed by atoms with Crippen LogP contribution in [0.25, 0.3) is 0 Å². The van der Waals surface area contributed by atoms with Crippen LogP contribution in [-0.2, 0) is 0 Å². The van der Waals surface area contributed by atoms with Crippen molar-refractivity contribution in [3.05, 3.63) is 59.7 Å². The Morgan fingerprint density at radius 2 is 1.68 bits per heavy atom. The van der Waals surface area contributed by atoms with Crippen molar-refractivity contribution in [2.45, 2.75) is 5.38 Å². The normalized spacial score (nSPS) is 11.7. The summed E-state index contributed by atoms with van der Waals surface area (Å²) >= 11 is 5.69. The van der Waals surface area contributed by atoms with Crippen molar-refractivity contribution < 1.29 is 13.5 Å². The van der Waals surface area contributed by atoms with Crippen LogP contribution >= 0.6 is 11.6 Å². The molecule has 0 aliphatic carbocycles. The topological polar surface area (TPSA) is 33.0 Å². The van der Waals surface area contributed by atoms with Crippen molar-refractivity contribution in [2.75, 3.05) is 0 Å². The van der Waals surface area contributed by atoms with Crippen molar-refractivity contribution in [2.24, 2.45) is 0 Å². The fraction of sp³-hybridized carbons (Fsp3) is 0.0714. The average molecular weight is 280 g/mol. The van der Waals surface area contributed by atoms with Crippen LogP contribution in [0.15, 0.2) is 42.5 Å². The molecule has 1 atom stereocenters. The lowest BCUT2D eigenvalue weighted by molar-refractivity contribution is 0.477. The summed E-state index contributed by atoms with van der Waals surface area (Å²) < 4.78 is 31.6. The standard InChI is InChI=1S/C14H8ClF2NO/c15-13(8-18)12-7-11(5-6-14(12)17)19-10-3-1-9(16)2-4-10/h1-7,13H. The smallest absolute Gasteiger partial charge is 0.148 e. The highest BCUT2D eigenvalue weighted by Crippen LogP contribution is 2.29. The third-order valence-corrected chi connectivity index (χ3v) is 2.74. The number of hydrogen-bond donors (Lipinski definition) is 0. The second kappa shape index (κ2) is 5.68. The maximum absolute atomic E-state index is 13.5. The van der Waals surface area contributed by atoms with Gasteiger partial charge >= 0.3 is 0 Å². The molecule has 0 radical (unpaired) electrons. The van der Waals surface area contributed by atoms with Crippen LogP contribution in [0.2, 0.25) is 0 Å². The molecule has 0 aliphatic rings. The molecule has 0 fully saturated rings. The lowest BCUT2D eigenvalue weighted by Gasteiger charge is -2.09. The molecule has 5 heteroatoms. The zero-order valence-corrected chi connectivity index (χ0v) is 10.4. The molecule has 0 N–H and O–H groups in total. The monoisotopic (exact) mass is 279 g/mol. The first-order chi connectivity index (χ1) is 9.10. The van der Waals surface area contributed by atoms with Crippen molar-refractivity contribution in [3.8, 4) is 17.6 Å². The Hall–Kier alpha value is -2.12. The Balaban J connectivity index is 2.26. The maximum atomic E-state index is 13.5. The molecule has 0 amide bonds. The number of nitrogens with zero attached hydrogens (tertiary/aromatic N) is 1. The first-order valence-electron chi connectivity index (χ1n) is 5.36. The molecular formula is C14H8ClF2NO. The SMILES string of the molecule is N#CC(Cl)c1cc(Oc2ccc(F)cc2)ccc1F. The van der Waals surface area contributed by atoms with Gasteiger partial charge in [0.15, 0.2) is 0 Å². The van der Waals surface area contributed by atoms with E-state index in [1.807, 2.05) is 0 Å². The first kappa shape index (κ1) is 13.3. The van der Waals surface area contributed by atoms with E-state index in [-0.39, 0.29) is 11.4 Å². The molecule has 2 aromatic rings. The molecule has 1 unspecified atom stereocenters. The molecule has 2 rings (SSSR count). The van der Waals surface area contributed by atoms with Crippen molar-refractivity contribution in [1.82, 2.24) is 0 Å².